The normalized spacial score (nSPS) is 18.7. The molecule has 1 aliphatic carbocycles. The van der Waals surface area contributed by atoms with Crippen molar-refractivity contribution in [3.05, 3.63) is 66.1 Å². The van der Waals surface area contributed by atoms with Gasteiger partial charge in [0.1, 0.15) is 11.1 Å². The molecule has 0 bridgehead atoms. The van der Waals surface area contributed by atoms with Gasteiger partial charge in [0, 0.05) is 35.3 Å². The molecule has 1 saturated heterocycles. The molecule has 1 saturated carbocycles. The molecule has 2 aliphatic rings. The summed E-state index contributed by atoms with van der Waals surface area (Å²) in [6.45, 7) is 1.35. The van der Waals surface area contributed by atoms with E-state index >= 15 is 0 Å². The largest absolute Gasteiger partial charge is 0.376 e. The number of thioether (sulfide) groups is 1. The SMILES string of the molecule is O=C(NC1CC1)C(Sc1nnc(-c2c[nH]c3ccccc23)n1CC1CCCO1)c1ccc(F)cc1. The van der Waals surface area contributed by atoms with Gasteiger partial charge in [-0.25, -0.2) is 4.39 Å². The quantitative estimate of drug-likeness (QED) is 0.344. The molecule has 180 valence electrons. The molecule has 0 spiro atoms. The number of fused-ring (bicyclic) bond motifs is 1. The summed E-state index contributed by atoms with van der Waals surface area (Å²) in [4.78, 5) is 16.6. The predicted molar refractivity (Wildman–Crippen MR) is 132 cm³/mol. The zero-order chi connectivity index (χ0) is 23.8. The minimum atomic E-state index is -0.570. The number of ether oxygens (including phenoxy) is 1. The molecule has 2 aromatic heterocycles. The Kier molecular flexibility index (Phi) is 6.03. The zero-order valence-electron chi connectivity index (χ0n) is 19.1. The van der Waals surface area contributed by atoms with E-state index in [0.717, 1.165) is 60.1 Å². The van der Waals surface area contributed by atoms with Crippen molar-refractivity contribution >= 4 is 28.6 Å². The third-order valence-electron chi connectivity index (χ3n) is 6.52. The van der Waals surface area contributed by atoms with Crippen molar-refractivity contribution in [2.24, 2.45) is 0 Å². The topological polar surface area (TPSA) is 84.8 Å². The number of hydrogen-bond acceptors (Lipinski definition) is 5. The lowest BCUT2D eigenvalue weighted by molar-refractivity contribution is -0.120. The van der Waals surface area contributed by atoms with Crippen molar-refractivity contribution in [2.75, 3.05) is 6.61 Å². The number of aromatic amines is 1. The lowest BCUT2D eigenvalue weighted by atomic mass is 10.1. The summed E-state index contributed by atoms with van der Waals surface area (Å²) in [6, 6.07) is 14.4. The third kappa shape index (κ3) is 4.70. The summed E-state index contributed by atoms with van der Waals surface area (Å²) in [5.74, 6) is 0.314. The minimum Gasteiger partial charge on any atom is -0.376 e. The molecule has 35 heavy (non-hydrogen) atoms. The molecule has 2 unspecified atom stereocenters. The molecular formula is C26H26FN5O2S. The van der Waals surface area contributed by atoms with Crippen LogP contribution in [0.1, 0.15) is 36.5 Å². The van der Waals surface area contributed by atoms with E-state index in [0.29, 0.717) is 11.7 Å². The number of rotatable bonds is 8. The van der Waals surface area contributed by atoms with Gasteiger partial charge in [0.25, 0.3) is 0 Å². The van der Waals surface area contributed by atoms with E-state index in [2.05, 4.69) is 31.1 Å². The molecule has 9 heteroatoms. The maximum atomic E-state index is 13.6. The van der Waals surface area contributed by atoms with Crippen LogP contribution in [-0.2, 0) is 16.1 Å². The summed E-state index contributed by atoms with van der Waals surface area (Å²) in [5, 5.41) is 13.3. The van der Waals surface area contributed by atoms with Gasteiger partial charge in [0.15, 0.2) is 11.0 Å². The molecular weight excluding hydrogens is 465 g/mol. The highest BCUT2D eigenvalue weighted by Gasteiger charge is 2.32. The second-order valence-electron chi connectivity index (χ2n) is 9.13. The Hall–Kier alpha value is -3.17. The number of halogens is 1. The van der Waals surface area contributed by atoms with Crippen LogP contribution in [0.5, 0.6) is 0 Å². The number of aromatic nitrogens is 4. The smallest absolute Gasteiger partial charge is 0.238 e. The van der Waals surface area contributed by atoms with Crippen molar-refractivity contribution in [3.8, 4) is 11.4 Å². The maximum absolute atomic E-state index is 13.6. The van der Waals surface area contributed by atoms with Gasteiger partial charge in [-0.2, -0.15) is 0 Å². The number of para-hydroxylation sites is 1. The third-order valence-corrected chi connectivity index (χ3v) is 7.75. The van der Waals surface area contributed by atoms with Gasteiger partial charge in [-0.15, -0.1) is 10.2 Å². The number of H-pyrrole nitrogens is 1. The summed E-state index contributed by atoms with van der Waals surface area (Å²) < 4.78 is 21.6. The van der Waals surface area contributed by atoms with Crippen molar-refractivity contribution < 1.29 is 13.9 Å². The van der Waals surface area contributed by atoms with Gasteiger partial charge in [-0.3, -0.25) is 9.36 Å². The molecule has 2 aromatic carbocycles. The van der Waals surface area contributed by atoms with Gasteiger partial charge >= 0.3 is 0 Å². The van der Waals surface area contributed by atoms with Gasteiger partial charge in [0.2, 0.25) is 5.91 Å². The van der Waals surface area contributed by atoms with Gasteiger partial charge < -0.3 is 15.0 Å². The lowest BCUT2D eigenvalue weighted by Crippen LogP contribution is -2.30. The number of hydrogen-bond donors (Lipinski definition) is 2. The van der Waals surface area contributed by atoms with Gasteiger partial charge in [-0.05, 0) is 49.4 Å². The van der Waals surface area contributed by atoms with Crippen LogP contribution in [0, 0.1) is 5.82 Å². The number of benzene rings is 2. The van der Waals surface area contributed by atoms with E-state index < -0.39 is 5.25 Å². The fraction of sp³-hybridized carbons (Fsp3) is 0.346. The van der Waals surface area contributed by atoms with E-state index in [4.69, 9.17) is 4.74 Å². The molecule has 1 amide bonds. The highest BCUT2D eigenvalue weighted by atomic mass is 32.2. The Bertz CT molecular complexity index is 1340. The van der Waals surface area contributed by atoms with Crippen LogP contribution in [-0.4, -0.2) is 44.4 Å². The fourth-order valence-electron chi connectivity index (χ4n) is 4.51. The molecule has 2 fully saturated rings. The molecule has 6 rings (SSSR count). The first-order chi connectivity index (χ1) is 17.2. The van der Waals surface area contributed by atoms with Gasteiger partial charge in [-0.1, -0.05) is 42.1 Å². The highest BCUT2D eigenvalue weighted by Crippen LogP contribution is 2.38. The van der Waals surface area contributed by atoms with Crippen LogP contribution >= 0.6 is 11.8 Å². The lowest BCUT2D eigenvalue weighted by Gasteiger charge is -2.19. The van der Waals surface area contributed by atoms with Crippen LogP contribution in [0.25, 0.3) is 22.3 Å². The van der Waals surface area contributed by atoms with Gasteiger partial charge in [0.05, 0.1) is 12.6 Å². The molecule has 2 N–H and O–H groups in total. The van der Waals surface area contributed by atoms with Crippen LogP contribution < -0.4 is 5.32 Å². The van der Waals surface area contributed by atoms with E-state index in [-0.39, 0.29) is 23.9 Å². The number of carbonyl (C=O) groups is 1. The molecule has 7 nitrogen and oxygen atoms in total. The first kappa shape index (κ1) is 22.3. The first-order valence-corrected chi connectivity index (χ1v) is 12.9. The maximum Gasteiger partial charge on any atom is 0.238 e. The van der Waals surface area contributed by atoms with Crippen molar-refractivity contribution in [1.29, 1.82) is 0 Å². The summed E-state index contributed by atoms with van der Waals surface area (Å²) in [6.07, 6.45) is 6.00. The predicted octanol–water partition coefficient (Wildman–Crippen LogP) is 4.86. The molecule has 2 atom stereocenters. The Labute approximate surface area is 206 Å². The van der Waals surface area contributed by atoms with Crippen LogP contribution in [0.2, 0.25) is 0 Å². The minimum absolute atomic E-state index is 0.0684. The Balaban J connectivity index is 1.39. The number of amides is 1. The van der Waals surface area contributed by atoms with E-state index in [9.17, 15) is 9.18 Å². The van der Waals surface area contributed by atoms with E-state index in [1.807, 2.05) is 24.4 Å². The fourth-order valence-corrected chi connectivity index (χ4v) is 5.56. The Morgan fingerprint density at radius 2 is 2.00 bits per heavy atom. The summed E-state index contributed by atoms with van der Waals surface area (Å²) in [5.41, 5.74) is 2.71. The average molecular weight is 492 g/mol. The Morgan fingerprint density at radius 1 is 1.17 bits per heavy atom. The molecule has 3 heterocycles. The van der Waals surface area contributed by atoms with Crippen LogP contribution in [0.15, 0.2) is 59.9 Å². The zero-order valence-corrected chi connectivity index (χ0v) is 19.9. The molecule has 1 aliphatic heterocycles. The number of nitrogens with zero attached hydrogens (tertiary/aromatic N) is 3. The monoisotopic (exact) mass is 491 g/mol. The summed E-state index contributed by atoms with van der Waals surface area (Å²) in [7, 11) is 0. The van der Waals surface area contributed by atoms with Crippen molar-refractivity contribution in [3.63, 3.8) is 0 Å². The first-order valence-electron chi connectivity index (χ1n) is 12.0. The number of carbonyl (C=O) groups excluding carboxylic acids is 1. The second kappa shape index (κ2) is 9.47. The van der Waals surface area contributed by atoms with E-state index in [1.165, 1.54) is 23.9 Å². The standard InChI is InChI=1S/C26H26FN5O2S/c27-17-9-7-16(8-10-17)23(25(33)29-18-11-12-18)35-26-31-30-24(32(26)15-19-4-3-13-34-19)21-14-28-22-6-2-1-5-20(21)22/h1-2,5-10,14,18-19,23,28H,3-4,11-13,15H2,(H,29,33). The number of nitrogens with one attached hydrogen (secondary N) is 2. The van der Waals surface area contributed by atoms with Crippen LogP contribution in [0.3, 0.4) is 0 Å². The average Bonchev–Trinajstić information content (AvgIpc) is 3.24. The second-order valence-corrected chi connectivity index (χ2v) is 10.2. The Morgan fingerprint density at radius 3 is 2.77 bits per heavy atom. The molecule has 0 radical (unpaired) electrons. The highest BCUT2D eigenvalue weighted by molar-refractivity contribution is 8.00. The van der Waals surface area contributed by atoms with Crippen LogP contribution in [0.4, 0.5) is 4.39 Å². The van der Waals surface area contributed by atoms with Crippen molar-refractivity contribution in [1.82, 2.24) is 25.1 Å². The molecule has 4 aromatic rings. The van der Waals surface area contributed by atoms with Crippen molar-refractivity contribution in [2.45, 2.75) is 54.8 Å². The summed E-state index contributed by atoms with van der Waals surface area (Å²) >= 11 is 1.35. The van der Waals surface area contributed by atoms with E-state index in [1.54, 1.807) is 12.1 Å².